The lowest BCUT2D eigenvalue weighted by atomic mass is 10.0. The lowest BCUT2D eigenvalue weighted by Gasteiger charge is -2.42. The lowest BCUT2D eigenvalue weighted by Crippen LogP contribution is -2.53. The molecule has 0 amide bonds. The number of imidazole rings is 1. The van der Waals surface area contributed by atoms with E-state index in [1.807, 2.05) is 22.7 Å². The summed E-state index contributed by atoms with van der Waals surface area (Å²) in [7, 11) is 1.70. The standard InChI is InChI=1S/C28H38N8O2/c1-28(2,3)34-11-9-32(10-12-34)19-21-17-25-30-24(18-27(36(25)31-21)33-13-15-38-16-14-33)35-23-8-6-5-7-22(23)29-26(35)20-37-4/h5-8,17-18H,9-16,19-20H2,1-4H3. The van der Waals surface area contributed by atoms with Gasteiger partial charge in [0, 0.05) is 70.6 Å². The molecule has 0 bridgehead atoms. The zero-order valence-corrected chi connectivity index (χ0v) is 22.9. The summed E-state index contributed by atoms with van der Waals surface area (Å²) in [6, 6.07) is 12.4. The SMILES string of the molecule is COCc1nc2ccccc2n1-c1cc(N2CCOCC2)n2nc(CN3CCN(C(C)(C)C)CC3)cc2n1. The largest absolute Gasteiger partial charge is 0.378 e. The number of rotatable bonds is 6. The van der Waals surface area contributed by atoms with Crippen LogP contribution in [0.4, 0.5) is 5.82 Å². The molecule has 2 aliphatic heterocycles. The van der Waals surface area contributed by atoms with Crippen LogP contribution in [-0.2, 0) is 22.6 Å². The number of nitrogens with zero attached hydrogens (tertiary/aromatic N) is 8. The van der Waals surface area contributed by atoms with Gasteiger partial charge in [0.05, 0.1) is 29.9 Å². The van der Waals surface area contributed by atoms with Crippen LogP contribution in [0.25, 0.3) is 22.5 Å². The highest BCUT2D eigenvalue weighted by Crippen LogP contribution is 2.27. The minimum absolute atomic E-state index is 0.210. The average Bonchev–Trinajstić information content (AvgIpc) is 3.49. The molecular weight excluding hydrogens is 480 g/mol. The highest BCUT2D eigenvalue weighted by molar-refractivity contribution is 5.78. The topological polar surface area (TPSA) is 76.2 Å². The molecule has 2 aliphatic rings. The van der Waals surface area contributed by atoms with E-state index in [1.54, 1.807) is 7.11 Å². The number of anilines is 1. The van der Waals surface area contributed by atoms with Gasteiger partial charge in [-0.25, -0.2) is 9.97 Å². The van der Waals surface area contributed by atoms with Crippen LogP contribution in [0.1, 0.15) is 32.3 Å². The van der Waals surface area contributed by atoms with Gasteiger partial charge in [0.25, 0.3) is 0 Å². The fourth-order valence-electron chi connectivity index (χ4n) is 5.57. The Morgan fingerprint density at radius 2 is 1.71 bits per heavy atom. The molecule has 0 atom stereocenters. The van der Waals surface area contributed by atoms with Crippen molar-refractivity contribution in [3.05, 3.63) is 47.9 Å². The zero-order valence-electron chi connectivity index (χ0n) is 22.9. The van der Waals surface area contributed by atoms with Crippen molar-refractivity contribution in [2.75, 3.05) is 64.5 Å². The first-order valence-electron chi connectivity index (χ1n) is 13.6. The van der Waals surface area contributed by atoms with Gasteiger partial charge in [-0.05, 0) is 32.9 Å². The maximum absolute atomic E-state index is 5.65. The fraction of sp³-hybridized carbons (Fsp3) is 0.536. The first-order chi connectivity index (χ1) is 18.4. The van der Waals surface area contributed by atoms with Gasteiger partial charge >= 0.3 is 0 Å². The summed E-state index contributed by atoms with van der Waals surface area (Å²) >= 11 is 0. The molecule has 38 heavy (non-hydrogen) atoms. The molecule has 1 aromatic carbocycles. The third kappa shape index (κ3) is 4.89. The van der Waals surface area contributed by atoms with E-state index in [4.69, 9.17) is 24.5 Å². The maximum Gasteiger partial charge on any atom is 0.160 e. The van der Waals surface area contributed by atoms with Crippen LogP contribution >= 0.6 is 0 Å². The summed E-state index contributed by atoms with van der Waals surface area (Å²) in [5.41, 5.74) is 4.04. The third-order valence-corrected chi connectivity index (χ3v) is 7.62. The number of para-hydroxylation sites is 2. The number of fused-ring (bicyclic) bond motifs is 2. The van der Waals surface area contributed by atoms with Gasteiger partial charge < -0.3 is 14.4 Å². The van der Waals surface area contributed by atoms with E-state index >= 15 is 0 Å². The molecule has 6 rings (SSSR count). The minimum Gasteiger partial charge on any atom is -0.378 e. The molecule has 4 aromatic rings. The normalized spacial score (nSPS) is 18.2. The van der Waals surface area contributed by atoms with Gasteiger partial charge in [0.1, 0.15) is 24.1 Å². The number of ether oxygens (including phenoxy) is 2. The van der Waals surface area contributed by atoms with Crippen molar-refractivity contribution in [3.63, 3.8) is 0 Å². The molecule has 2 saturated heterocycles. The molecule has 3 aromatic heterocycles. The fourth-order valence-corrected chi connectivity index (χ4v) is 5.57. The van der Waals surface area contributed by atoms with Crippen molar-refractivity contribution in [3.8, 4) is 5.82 Å². The van der Waals surface area contributed by atoms with Gasteiger partial charge in [-0.1, -0.05) is 12.1 Å². The number of hydrogen-bond donors (Lipinski definition) is 0. The molecule has 0 unspecified atom stereocenters. The smallest absolute Gasteiger partial charge is 0.160 e. The summed E-state index contributed by atoms with van der Waals surface area (Å²) in [6.45, 7) is 15.4. The Labute approximate surface area is 223 Å². The average molecular weight is 519 g/mol. The van der Waals surface area contributed by atoms with Crippen molar-refractivity contribution in [2.45, 2.75) is 39.5 Å². The lowest BCUT2D eigenvalue weighted by molar-refractivity contribution is 0.0585. The van der Waals surface area contributed by atoms with Crippen molar-refractivity contribution >= 4 is 22.5 Å². The van der Waals surface area contributed by atoms with Gasteiger partial charge in [0.2, 0.25) is 0 Å². The van der Waals surface area contributed by atoms with Crippen LogP contribution in [0.2, 0.25) is 0 Å². The van der Waals surface area contributed by atoms with E-state index in [0.717, 1.165) is 85.6 Å². The summed E-state index contributed by atoms with van der Waals surface area (Å²) < 4.78 is 15.3. The van der Waals surface area contributed by atoms with Crippen molar-refractivity contribution in [1.82, 2.24) is 33.9 Å². The van der Waals surface area contributed by atoms with Gasteiger partial charge in [0.15, 0.2) is 5.65 Å². The minimum atomic E-state index is 0.210. The zero-order chi connectivity index (χ0) is 26.3. The van der Waals surface area contributed by atoms with E-state index in [-0.39, 0.29) is 5.54 Å². The Hall–Kier alpha value is -3.05. The van der Waals surface area contributed by atoms with Crippen LogP contribution in [0, 0.1) is 0 Å². The number of methoxy groups -OCH3 is 1. The molecule has 0 N–H and O–H groups in total. The molecular formula is C28H38N8O2. The Bertz CT molecular complexity index is 1410. The molecule has 202 valence electrons. The second-order valence-electron chi connectivity index (χ2n) is 11.2. The van der Waals surface area contributed by atoms with Crippen molar-refractivity contribution in [2.24, 2.45) is 0 Å². The monoisotopic (exact) mass is 518 g/mol. The Balaban J connectivity index is 1.38. The highest BCUT2D eigenvalue weighted by Gasteiger charge is 2.27. The van der Waals surface area contributed by atoms with E-state index < -0.39 is 0 Å². The summed E-state index contributed by atoms with van der Waals surface area (Å²) in [5, 5.41) is 5.06. The molecule has 0 saturated carbocycles. The molecule has 10 heteroatoms. The quantitative estimate of drug-likeness (QED) is 0.386. The Morgan fingerprint density at radius 1 is 0.947 bits per heavy atom. The van der Waals surface area contributed by atoms with Crippen LogP contribution in [-0.4, -0.2) is 99.1 Å². The Kier molecular flexibility index (Phi) is 6.81. The molecule has 2 fully saturated rings. The second kappa shape index (κ2) is 10.3. The van der Waals surface area contributed by atoms with Crippen molar-refractivity contribution < 1.29 is 9.47 Å². The first-order valence-corrected chi connectivity index (χ1v) is 13.6. The predicted octanol–water partition coefficient (Wildman–Crippen LogP) is 2.97. The first kappa shape index (κ1) is 25.2. The third-order valence-electron chi connectivity index (χ3n) is 7.62. The number of morpholine rings is 1. The number of hydrogen-bond acceptors (Lipinski definition) is 8. The summed E-state index contributed by atoms with van der Waals surface area (Å²) in [4.78, 5) is 17.3. The van der Waals surface area contributed by atoms with E-state index in [9.17, 15) is 0 Å². The van der Waals surface area contributed by atoms with Gasteiger partial charge in [-0.15, -0.1) is 0 Å². The second-order valence-corrected chi connectivity index (χ2v) is 11.2. The van der Waals surface area contributed by atoms with Gasteiger partial charge in [-0.3, -0.25) is 14.4 Å². The number of aromatic nitrogens is 5. The molecule has 0 aliphatic carbocycles. The summed E-state index contributed by atoms with van der Waals surface area (Å²) in [5.74, 6) is 2.68. The maximum atomic E-state index is 5.65. The molecule has 0 spiro atoms. The van der Waals surface area contributed by atoms with Crippen LogP contribution in [0.3, 0.4) is 0 Å². The van der Waals surface area contributed by atoms with Crippen LogP contribution in [0.15, 0.2) is 36.4 Å². The molecule has 0 radical (unpaired) electrons. The summed E-state index contributed by atoms with van der Waals surface area (Å²) in [6.07, 6.45) is 0. The van der Waals surface area contributed by atoms with Crippen LogP contribution < -0.4 is 4.90 Å². The number of piperazine rings is 1. The van der Waals surface area contributed by atoms with Crippen molar-refractivity contribution in [1.29, 1.82) is 0 Å². The van der Waals surface area contributed by atoms with E-state index in [2.05, 4.69) is 58.2 Å². The van der Waals surface area contributed by atoms with E-state index in [0.29, 0.717) is 19.8 Å². The predicted molar refractivity (Wildman–Crippen MR) is 148 cm³/mol. The Morgan fingerprint density at radius 3 is 2.45 bits per heavy atom. The highest BCUT2D eigenvalue weighted by atomic mass is 16.5. The van der Waals surface area contributed by atoms with Gasteiger partial charge in [-0.2, -0.15) is 9.61 Å². The molecule has 5 heterocycles. The van der Waals surface area contributed by atoms with E-state index in [1.165, 1.54) is 0 Å². The van der Waals surface area contributed by atoms with Crippen LogP contribution in [0.5, 0.6) is 0 Å². The number of benzene rings is 1. The molecule has 10 nitrogen and oxygen atoms in total.